The van der Waals surface area contributed by atoms with Crippen LogP contribution in [0.2, 0.25) is 0 Å². The van der Waals surface area contributed by atoms with Crippen molar-refractivity contribution in [1.29, 1.82) is 0 Å². The molecular formula is C14H11FN2O. The fraction of sp³-hybridized carbons (Fsp3) is 0.143. The van der Waals surface area contributed by atoms with Crippen molar-refractivity contribution < 1.29 is 9.18 Å². The summed E-state index contributed by atoms with van der Waals surface area (Å²) in [5, 5.41) is 0. The maximum atomic E-state index is 13.2. The first kappa shape index (κ1) is 10.9. The Kier molecular flexibility index (Phi) is 2.55. The monoisotopic (exact) mass is 242 g/mol. The normalized spacial score (nSPS) is 14.5. The summed E-state index contributed by atoms with van der Waals surface area (Å²) in [6.45, 7) is 0. The molecule has 3 rings (SSSR count). The van der Waals surface area contributed by atoms with Crippen LogP contribution >= 0.6 is 0 Å². The molecule has 90 valence electrons. The second kappa shape index (κ2) is 4.22. The van der Waals surface area contributed by atoms with E-state index in [1.807, 2.05) is 6.07 Å². The zero-order valence-corrected chi connectivity index (χ0v) is 9.64. The number of fused-ring (bicyclic) bond motifs is 1. The van der Waals surface area contributed by atoms with Crippen LogP contribution in [0.3, 0.4) is 0 Å². The number of rotatable bonds is 1. The maximum absolute atomic E-state index is 13.2. The van der Waals surface area contributed by atoms with Crippen LogP contribution in [0.1, 0.15) is 12.0 Å². The molecule has 0 spiro atoms. The molecule has 1 aromatic carbocycles. The average Bonchev–Trinajstić information content (AvgIpc) is 2.40. The number of anilines is 2. The van der Waals surface area contributed by atoms with Gasteiger partial charge in [0.15, 0.2) is 0 Å². The quantitative estimate of drug-likeness (QED) is 0.770. The van der Waals surface area contributed by atoms with Gasteiger partial charge in [0.25, 0.3) is 0 Å². The number of aromatic nitrogens is 1. The molecule has 1 aliphatic heterocycles. The lowest BCUT2D eigenvalue weighted by Crippen LogP contribution is -2.31. The standard InChI is InChI=1S/C14H11FN2O/c15-11-5-6-12-10(9-11)4-7-14(18)17(12)13-3-1-2-8-16-13/h1-3,5-6,8-9H,4,7H2. The summed E-state index contributed by atoms with van der Waals surface area (Å²) in [5.74, 6) is 0.298. The first-order valence-electron chi connectivity index (χ1n) is 5.78. The number of aryl methyl sites for hydroxylation is 1. The van der Waals surface area contributed by atoms with E-state index in [4.69, 9.17) is 0 Å². The summed E-state index contributed by atoms with van der Waals surface area (Å²) >= 11 is 0. The van der Waals surface area contributed by atoms with E-state index < -0.39 is 0 Å². The van der Waals surface area contributed by atoms with Crippen molar-refractivity contribution in [2.75, 3.05) is 4.90 Å². The smallest absolute Gasteiger partial charge is 0.233 e. The lowest BCUT2D eigenvalue weighted by Gasteiger charge is -2.28. The molecule has 0 N–H and O–H groups in total. The highest BCUT2D eigenvalue weighted by atomic mass is 19.1. The van der Waals surface area contributed by atoms with Crippen molar-refractivity contribution in [3.05, 3.63) is 54.0 Å². The summed E-state index contributed by atoms with van der Waals surface area (Å²) in [6.07, 6.45) is 2.60. The van der Waals surface area contributed by atoms with Crippen LogP contribution in [0, 0.1) is 5.82 Å². The molecule has 0 saturated carbocycles. The number of pyridine rings is 1. The first-order chi connectivity index (χ1) is 8.75. The largest absolute Gasteiger partial charge is 0.274 e. The molecule has 4 heteroatoms. The van der Waals surface area contributed by atoms with Gasteiger partial charge in [0.05, 0.1) is 5.69 Å². The number of amides is 1. The van der Waals surface area contributed by atoms with E-state index >= 15 is 0 Å². The van der Waals surface area contributed by atoms with Crippen LogP contribution < -0.4 is 4.90 Å². The molecular weight excluding hydrogens is 231 g/mol. The average molecular weight is 242 g/mol. The summed E-state index contributed by atoms with van der Waals surface area (Å²) in [6, 6.07) is 9.88. The number of carbonyl (C=O) groups excluding carboxylic acids is 1. The van der Waals surface area contributed by atoms with Crippen LogP contribution in [0.4, 0.5) is 15.9 Å². The Morgan fingerprint density at radius 3 is 2.83 bits per heavy atom. The zero-order chi connectivity index (χ0) is 12.5. The van der Waals surface area contributed by atoms with Crippen molar-refractivity contribution >= 4 is 17.4 Å². The van der Waals surface area contributed by atoms with Crippen LogP contribution in [-0.4, -0.2) is 10.9 Å². The van der Waals surface area contributed by atoms with Crippen molar-refractivity contribution in [2.24, 2.45) is 0 Å². The first-order valence-corrected chi connectivity index (χ1v) is 5.78. The van der Waals surface area contributed by atoms with Gasteiger partial charge in [-0.3, -0.25) is 9.69 Å². The number of halogens is 1. The molecule has 3 nitrogen and oxygen atoms in total. The Labute approximate surface area is 104 Å². The number of nitrogens with zero attached hydrogens (tertiary/aromatic N) is 2. The van der Waals surface area contributed by atoms with E-state index in [9.17, 15) is 9.18 Å². The summed E-state index contributed by atoms with van der Waals surface area (Å²) in [7, 11) is 0. The maximum Gasteiger partial charge on any atom is 0.233 e. The van der Waals surface area contributed by atoms with E-state index in [-0.39, 0.29) is 11.7 Å². The summed E-state index contributed by atoms with van der Waals surface area (Å²) < 4.78 is 13.2. The third-order valence-electron chi connectivity index (χ3n) is 3.02. The fourth-order valence-electron chi connectivity index (χ4n) is 2.20. The predicted molar refractivity (Wildman–Crippen MR) is 66.1 cm³/mol. The van der Waals surface area contributed by atoms with Crippen LogP contribution in [0.15, 0.2) is 42.6 Å². The Bertz CT molecular complexity index is 598. The lowest BCUT2D eigenvalue weighted by atomic mass is 10.0. The molecule has 2 aromatic rings. The van der Waals surface area contributed by atoms with Gasteiger partial charge in [-0.15, -0.1) is 0 Å². The van der Waals surface area contributed by atoms with E-state index in [0.29, 0.717) is 18.7 Å². The fourth-order valence-corrected chi connectivity index (χ4v) is 2.20. The molecule has 1 amide bonds. The third-order valence-corrected chi connectivity index (χ3v) is 3.02. The highest BCUT2D eigenvalue weighted by Crippen LogP contribution is 2.33. The molecule has 1 aromatic heterocycles. The van der Waals surface area contributed by atoms with Crippen molar-refractivity contribution in [3.8, 4) is 0 Å². The topological polar surface area (TPSA) is 33.2 Å². The number of hydrogen-bond donors (Lipinski definition) is 0. The number of hydrogen-bond acceptors (Lipinski definition) is 2. The van der Waals surface area contributed by atoms with Crippen LogP contribution in [0.25, 0.3) is 0 Å². The molecule has 0 fully saturated rings. The Balaban J connectivity index is 2.13. The van der Waals surface area contributed by atoms with Gasteiger partial charge in [0.2, 0.25) is 5.91 Å². The van der Waals surface area contributed by atoms with Gasteiger partial charge < -0.3 is 0 Å². The van der Waals surface area contributed by atoms with Gasteiger partial charge in [-0.25, -0.2) is 9.37 Å². The SMILES string of the molecule is O=C1CCc2cc(F)ccc2N1c1ccccn1. The minimum atomic E-state index is -0.274. The molecule has 0 atom stereocenters. The lowest BCUT2D eigenvalue weighted by molar-refractivity contribution is -0.118. The minimum Gasteiger partial charge on any atom is -0.274 e. The highest BCUT2D eigenvalue weighted by molar-refractivity contribution is 6.02. The second-order valence-electron chi connectivity index (χ2n) is 4.19. The second-order valence-corrected chi connectivity index (χ2v) is 4.19. The predicted octanol–water partition coefficient (Wildman–Crippen LogP) is 2.83. The van der Waals surface area contributed by atoms with E-state index in [2.05, 4.69) is 4.98 Å². The molecule has 0 bridgehead atoms. The summed E-state index contributed by atoms with van der Waals surface area (Å²) in [4.78, 5) is 17.8. The van der Waals surface area contributed by atoms with E-state index in [1.165, 1.54) is 12.1 Å². The molecule has 0 aliphatic carbocycles. The van der Waals surface area contributed by atoms with Crippen LogP contribution in [-0.2, 0) is 11.2 Å². The van der Waals surface area contributed by atoms with Gasteiger partial charge in [0.1, 0.15) is 11.6 Å². The van der Waals surface area contributed by atoms with Crippen LogP contribution in [0.5, 0.6) is 0 Å². The number of benzene rings is 1. The van der Waals surface area contributed by atoms with E-state index in [1.54, 1.807) is 29.3 Å². The van der Waals surface area contributed by atoms with Crippen molar-refractivity contribution in [2.45, 2.75) is 12.8 Å². The van der Waals surface area contributed by atoms with E-state index in [0.717, 1.165) is 11.3 Å². The van der Waals surface area contributed by atoms with Gasteiger partial charge in [0, 0.05) is 12.6 Å². The third kappa shape index (κ3) is 1.76. The number of carbonyl (C=O) groups is 1. The van der Waals surface area contributed by atoms with Crippen molar-refractivity contribution in [3.63, 3.8) is 0 Å². The minimum absolute atomic E-state index is 0.00666. The Morgan fingerprint density at radius 2 is 2.06 bits per heavy atom. The Hall–Kier alpha value is -2.23. The molecule has 0 radical (unpaired) electrons. The molecule has 1 aliphatic rings. The molecule has 18 heavy (non-hydrogen) atoms. The Morgan fingerprint density at radius 1 is 1.17 bits per heavy atom. The van der Waals surface area contributed by atoms with Crippen molar-refractivity contribution in [1.82, 2.24) is 4.98 Å². The molecule has 0 saturated heterocycles. The summed E-state index contributed by atoms with van der Waals surface area (Å²) in [5.41, 5.74) is 1.58. The van der Waals surface area contributed by atoms with Gasteiger partial charge in [-0.1, -0.05) is 6.07 Å². The zero-order valence-electron chi connectivity index (χ0n) is 9.64. The van der Waals surface area contributed by atoms with Gasteiger partial charge in [-0.05, 0) is 42.3 Å². The molecule has 2 heterocycles. The van der Waals surface area contributed by atoms with Gasteiger partial charge in [-0.2, -0.15) is 0 Å². The molecule has 0 unspecified atom stereocenters. The highest BCUT2D eigenvalue weighted by Gasteiger charge is 2.26. The van der Waals surface area contributed by atoms with Gasteiger partial charge >= 0.3 is 0 Å².